The Kier molecular flexibility index (Phi) is 6.77. The number of halogens is 2. The van der Waals surface area contributed by atoms with E-state index in [1.807, 2.05) is 36.4 Å². The maximum atomic E-state index is 6.39. The molecule has 22 heavy (non-hydrogen) atoms. The van der Waals surface area contributed by atoms with Gasteiger partial charge in [-0.25, -0.2) is 0 Å². The fourth-order valence-electron chi connectivity index (χ4n) is 2.63. The largest absolute Gasteiger partial charge is 0.491 e. The molecule has 0 radical (unpaired) electrons. The van der Waals surface area contributed by atoms with Gasteiger partial charge in [-0.15, -0.1) is 12.4 Å². The van der Waals surface area contributed by atoms with E-state index in [0.717, 1.165) is 42.6 Å². The lowest BCUT2D eigenvalue weighted by atomic mass is 10.1. The summed E-state index contributed by atoms with van der Waals surface area (Å²) in [5.41, 5.74) is 0. The maximum Gasteiger partial charge on any atom is 0.138 e. The molecule has 1 N–H and O–H groups in total. The van der Waals surface area contributed by atoms with Crippen LogP contribution in [0.2, 0.25) is 5.02 Å². The Labute approximate surface area is 142 Å². The van der Waals surface area contributed by atoms with Gasteiger partial charge < -0.3 is 14.8 Å². The van der Waals surface area contributed by atoms with Gasteiger partial charge in [0.15, 0.2) is 0 Å². The van der Waals surface area contributed by atoms with Crippen molar-refractivity contribution in [3.05, 3.63) is 41.4 Å². The number of fused-ring (bicyclic) bond motifs is 1. The van der Waals surface area contributed by atoms with E-state index in [1.165, 1.54) is 6.42 Å². The van der Waals surface area contributed by atoms with Crippen LogP contribution in [0.5, 0.6) is 5.75 Å². The van der Waals surface area contributed by atoms with Gasteiger partial charge in [0.2, 0.25) is 0 Å². The molecule has 0 aromatic heterocycles. The second-order valence-electron chi connectivity index (χ2n) is 5.29. The molecule has 3 rings (SSSR count). The van der Waals surface area contributed by atoms with Crippen molar-refractivity contribution < 1.29 is 9.47 Å². The first-order chi connectivity index (χ1) is 10.3. The molecular weight excluding hydrogens is 321 g/mol. The minimum absolute atomic E-state index is 0. The molecule has 1 aliphatic rings. The molecule has 1 atom stereocenters. The number of hydrogen-bond acceptors (Lipinski definition) is 3. The van der Waals surface area contributed by atoms with Crippen LogP contribution in [0.4, 0.5) is 0 Å². The topological polar surface area (TPSA) is 30.5 Å². The van der Waals surface area contributed by atoms with Crippen LogP contribution in [0.3, 0.4) is 0 Å². The number of nitrogens with one attached hydrogen (secondary N) is 1. The van der Waals surface area contributed by atoms with Crippen molar-refractivity contribution >= 4 is 34.8 Å². The Morgan fingerprint density at radius 2 is 2.09 bits per heavy atom. The van der Waals surface area contributed by atoms with Crippen molar-refractivity contribution in [2.75, 3.05) is 26.3 Å². The van der Waals surface area contributed by atoms with Crippen molar-refractivity contribution in [1.29, 1.82) is 0 Å². The average Bonchev–Trinajstić information content (AvgIpc) is 3.03. The normalized spacial score (nSPS) is 17.4. The number of ether oxygens (including phenoxy) is 2. The highest BCUT2D eigenvalue weighted by Gasteiger charge is 2.14. The van der Waals surface area contributed by atoms with Gasteiger partial charge in [0, 0.05) is 25.1 Å². The van der Waals surface area contributed by atoms with Gasteiger partial charge in [0.1, 0.15) is 12.4 Å². The summed E-state index contributed by atoms with van der Waals surface area (Å²) >= 11 is 6.39. The van der Waals surface area contributed by atoms with Crippen LogP contribution >= 0.6 is 24.0 Å². The van der Waals surface area contributed by atoms with E-state index in [1.54, 1.807) is 0 Å². The van der Waals surface area contributed by atoms with Gasteiger partial charge in [-0.2, -0.15) is 0 Å². The first-order valence-electron chi connectivity index (χ1n) is 7.47. The summed E-state index contributed by atoms with van der Waals surface area (Å²) in [4.78, 5) is 0. The number of hydrogen-bond donors (Lipinski definition) is 1. The molecule has 1 unspecified atom stereocenters. The molecule has 0 amide bonds. The SMILES string of the molecule is Cl.Clc1c(OCCNCC2CCCO2)ccc2ccccc12. The highest BCUT2D eigenvalue weighted by Crippen LogP contribution is 2.32. The lowest BCUT2D eigenvalue weighted by Gasteiger charge is -2.12. The minimum atomic E-state index is 0. The summed E-state index contributed by atoms with van der Waals surface area (Å²) in [6.07, 6.45) is 2.70. The zero-order chi connectivity index (χ0) is 14.5. The van der Waals surface area contributed by atoms with Crippen molar-refractivity contribution in [1.82, 2.24) is 5.32 Å². The molecule has 2 aromatic carbocycles. The number of benzene rings is 2. The Morgan fingerprint density at radius 3 is 2.91 bits per heavy atom. The van der Waals surface area contributed by atoms with Crippen LogP contribution in [-0.4, -0.2) is 32.4 Å². The van der Waals surface area contributed by atoms with Crippen LogP contribution in [0.15, 0.2) is 36.4 Å². The first-order valence-corrected chi connectivity index (χ1v) is 7.85. The molecule has 2 aromatic rings. The molecular formula is C17H21Cl2NO2. The van der Waals surface area contributed by atoms with Gasteiger partial charge in [-0.05, 0) is 24.3 Å². The molecule has 1 saturated heterocycles. The van der Waals surface area contributed by atoms with Crippen molar-refractivity contribution in [3.8, 4) is 5.75 Å². The van der Waals surface area contributed by atoms with E-state index in [-0.39, 0.29) is 12.4 Å². The third-order valence-electron chi connectivity index (χ3n) is 3.76. The van der Waals surface area contributed by atoms with Crippen molar-refractivity contribution in [2.24, 2.45) is 0 Å². The quantitative estimate of drug-likeness (QED) is 0.803. The Balaban J connectivity index is 0.00000176. The summed E-state index contributed by atoms with van der Waals surface area (Å²) in [7, 11) is 0. The average molecular weight is 342 g/mol. The van der Waals surface area contributed by atoms with E-state index in [4.69, 9.17) is 21.1 Å². The highest BCUT2D eigenvalue weighted by molar-refractivity contribution is 6.37. The molecule has 0 aliphatic carbocycles. The molecule has 1 heterocycles. The summed E-state index contributed by atoms with van der Waals surface area (Å²) in [6, 6.07) is 12.0. The fourth-order valence-corrected chi connectivity index (χ4v) is 2.92. The Morgan fingerprint density at radius 1 is 1.23 bits per heavy atom. The Bertz CT molecular complexity index is 600. The Hall–Kier alpha value is -1.00. The monoisotopic (exact) mass is 341 g/mol. The van der Waals surface area contributed by atoms with Crippen molar-refractivity contribution in [2.45, 2.75) is 18.9 Å². The maximum absolute atomic E-state index is 6.39. The summed E-state index contributed by atoms with van der Waals surface area (Å²) < 4.78 is 11.3. The molecule has 0 bridgehead atoms. The molecule has 5 heteroatoms. The molecule has 0 saturated carbocycles. The number of rotatable bonds is 6. The lowest BCUT2D eigenvalue weighted by molar-refractivity contribution is 0.109. The second kappa shape index (κ2) is 8.59. The molecule has 120 valence electrons. The minimum Gasteiger partial charge on any atom is -0.491 e. The first kappa shape index (κ1) is 17.4. The summed E-state index contributed by atoms with van der Waals surface area (Å²) in [6.45, 7) is 3.19. The summed E-state index contributed by atoms with van der Waals surface area (Å²) in [5.74, 6) is 0.745. The van der Waals surface area contributed by atoms with Crippen LogP contribution < -0.4 is 10.1 Å². The molecule has 0 spiro atoms. The van der Waals surface area contributed by atoms with Crippen LogP contribution in [0.1, 0.15) is 12.8 Å². The smallest absolute Gasteiger partial charge is 0.138 e. The van der Waals surface area contributed by atoms with Gasteiger partial charge in [0.25, 0.3) is 0 Å². The summed E-state index contributed by atoms with van der Waals surface area (Å²) in [5, 5.41) is 6.21. The van der Waals surface area contributed by atoms with Crippen LogP contribution in [-0.2, 0) is 4.74 Å². The van der Waals surface area contributed by atoms with Gasteiger partial charge >= 0.3 is 0 Å². The predicted octanol–water partition coefficient (Wildman–Crippen LogP) is 4.06. The van der Waals surface area contributed by atoms with E-state index in [9.17, 15) is 0 Å². The third-order valence-corrected chi connectivity index (χ3v) is 4.15. The van der Waals surface area contributed by atoms with Gasteiger partial charge in [0.05, 0.1) is 11.1 Å². The lowest BCUT2D eigenvalue weighted by Crippen LogP contribution is -2.29. The second-order valence-corrected chi connectivity index (χ2v) is 5.66. The molecule has 1 aliphatic heterocycles. The van der Waals surface area contributed by atoms with Crippen molar-refractivity contribution in [3.63, 3.8) is 0 Å². The van der Waals surface area contributed by atoms with Crippen LogP contribution in [0.25, 0.3) is 10.8 Å². The predicted molar refractivity (Wildman–Crippen MR) is 93.5 cm³/mol. The molecule has 1 fully saturated rings. The zero-order valence-corrected chi connectivity index (χ0v) is 14.0. The van der Waals surface area contributed by atoms with Crippen LogP contribution in [0, 0.1) is 0 Å². The van der Waals surface area contributed by atoms with E-state index < -0.39 is 0 Å². The van der Waals surface area contributed by atoms with E-state index in [2.05, 4.69) is 5.32 Å². The van der Waals surface area contributed by atoms with Gasteiger partial charge in [-0.1, -0.05) is 41.9 Å². The van der Waals surface area contributed by atoms with Gasteiger partial charge in [-0.3, -0.25) is 0 Å². The third kappa shape index (κ3) is 4.26. The fraction of sp³-hybridized carbons (Fsp3) is 0.412. The van der Waals surface area contributed by atoms with E-state index >= 15 is 0 Å². The molecule has 3 nitrogen and oxygen atoms in total. The van der Waals surface area contributed by atoms with E-state index in [0.29, 0.717) is 17.7 Å². The zero-order valence-electron chi connectivity index (χ0n) is 12.4. The standard InChI is InChI=1S/C17H20ClNO2.ClH/c18-17-15-6-2-1-4-13(15)7-8-16(17)21-11-9-19-12-14-5-3-10-20-14;/h1-2,4,6-8,14,19H,3,5,9-12H2;1H. The highest BCUT2D eigenvalue weighted by atomic mass is 35.5.